The van der Waals surface area contributed by atoms with Crippen molar-refractivity contribution < 1.29 is 10.4 Å². The average Bonchev–Trinajstić information content (AvgIpc) is 2.18. The van der Waals surface area contributed by atoms with Crippen LogP contribution in [0.2, 0.25) is 0 Å². The van der Waals surface area contributed by atoms with Gasteiger partial charge in [-0.2, -0.15) is 0 Å². The van der Waals surface area contributed by atoms with Crippen molar-refractivity contribution in [3.8, 4) is 0 Å². The van der Waals surface area contributed by atoms with E-state index in [1.54, 1.807) is 4.90 Å². The molecule has 90 valence electrons. The molecular weight excluding hydrogens is 186 g/mol. The Labute approximate surface area is 95.0 Å². The van der Waals surface area contributed by atoms with Gasteiger partial charge < -0.3 is 10.4 Å². The fourth-order valence-electron chi connectivity index (χ4n) is 1.56. The van der Waals surface area contributed by atoms with Crippen LogP contribution < -0.4 is 4.90 Å². The molecule has 0 radical (unpaired) electrons. The van der Waals surface area contributed by atoms with Crippen LogP contribution in [0.5, 0.6) is 0 Å². The van der Waals surface area contributed by atoms with Gasteiger partial charge >= 0.3 is 0 Å². The minimum absolute atomic E-state index is 0. The van der Waals surface area contributed by atoms with Gasteiger partial charge in [0.1, 0.15) is 0 Å². The van der Waals surface area contributed by atoms with Crippen LogP contribution >= 0.6 is 0 Å². The highest BCUT2D eigenvalue weighted by atomic mass is 16.0. The summed E-state index contributed by atoms with van der Waals surface area (Å²) in [6.45, 7) is 10.5. The lowest BCUT2D eigenvalue weighted by atomic mass is 10.3. The van der Waals surface area contributed by atoms with Crippen molar-refractivity contribution in [2.75, 3.05) is 19.6 Å². The molecule has 2 N–H and O–H groups in total. The SMILES string of the molecule is CCC=CC=CC[NH+](CCC)CCC.[OH-]. The zero-order valence-corrected chi connectivity index (χ0v) is 10.5. The zero-order chi connectivity index (χ0) is 10.6. The van der Waals surface area contributed by atoms with E-state index in [0.717, 1.165) is 6.42 Å². The molecule has 0 unspecified atom stereocenters. The monoisotopic (exact) mass is 213 g/mol. The molecule has 0 aliphatic carbocycles. The van der Waals surface area contributed by atoms with Crippen LogP contribution in [0.4, 0.5) is 0 Å². The second-order valence-corrected chi connectivity index (χ2v) is 3.72. The second kappa shape index (κ2) is 13.4. The summed E-state index contributed by atoms with van der Waals surface area (Å²) in [4.78, 5) is 1.70. The number of nitrogens with one attached hydrogen (secondary N) is 1. The molecule has 0 fully saturated rings. The maximum absolute atomic E-state index is 2.28. The Balaban J connectivity index is 0. The molecule has 0 aromatic rings. The first-order valence-corrected chi connectivity index (χ1v) is 6.00. The summed E-state index contributed by atoms with van der Waals surface area (Å²) in [5.74, 6) is 0. The normalized spacial score (nSPS) is 11.5. The van der Waals surface area contributed by atoms with Crippen molar-refractivity contribution in [2.45, 2.75) is 40.0 Å². The Hall–Kier alpha value is -0.600. The molecule has 15 heavy (non-hydrogen) atoms. The van der Waals surface area contributed by atoms with E-state index in [4.69, 9.17) is 0 Å². The van der Waals surface area contributed by atoms with Gasteiger partial charge in [-0.05, 0) is 25.3 Å². The van der Waals surface area contributed by atoms with Crippen molar-refractivity contribution in [2.24, 2.45) is 0 Å². The lowest BCUT2D eigenvalue weighted by Gasteiger charge is -2.15. The van der Waals surface area contributed by atoms with E-state index in [9.17, 15) is 0 Å². The standard InChI is InChI=1S/C13H25N.H2O/c1-4-7-8-9-10-13-14(11-5-2)12-6-3;/h7-10H,4-6,11-13H2,1-3H3;1H2. The molecule has 2 nitrogen and oxygen atoms in total. The van der Waals surface area contributed by atoms with Crippen LogP contribution in [0.25, 0.3) is 0 Å². The molecule has 0 heterocycles. The maximum atomic E-state index is 2.28. The fraction of sp³-hybridized carbons (Fsp3) is 0.692. The fourth-order valence-corrected chi connectivity index (χ4v) is 1.56. The third-order valence-electron chi connectivity index (χ3n) is 2.23. The highest BCUT2D eigenvalue weighted by Gasteiger charge is 2.01. The Morgan fingerprint density at radius 1 is 0.867 bits per heavy atom. The van der Waals surface area contributed by atoms with Gasteiger partial charge in [0, 0.05) is 0 Å². The molecule has 0 aromatic heterocycles. The molecule has 0 saturated carbocycles. The van der Waals surface area contributed by atoms with Gasteiger partial charge in [0.05, 0.1) is 19.6 Å². The van der Waals surface area contributed by atoms with Crippen molar-refractivity contribution in [3.05, 3.63) is 24.3 Å². The summed E-state index contributed by atoms with van der Waals surface area (Å²) in [5.41, 5.74) is 0. The minimum atomic E-state index is 0. The topological polar surface area (TPSA) is 34.4 Å². The summed E-state index contributed by atoms with van der Waals surface area (Å²) >= 11 is 0. The molecule has 0 aromatic carbocycles. The predicted octanol–water partition coefficient (Wildman–Crippen LogP) is 2.04. The molecule has 2 heteroatoms. The van der Waals surface area contributed by atoms with E-state index < -0.39 is 0 Å². The molecule has 0 aliphatic rings. The van der Waals surface area contributed by atoms with E-state index in [0.29, 0.717) is 0 Å². The number of hydrogen-bond acceptors (Lipinski definition) is 1. The van der Waals surface area contributed by atoms with Gasteiger partial charge in [0.25, 0.3) is 0 Å². The van der Waals surface area contributed by atoms with Crippen LogP contribution in [0.3, 0.4) is 0 Å². The second-order valence-electron chi connectivity index (χ2n) is 3.72. The quantitative estimate of drug-likeness (QED) is 0.615. The first-order valence-electron chi connectivity index (χ1n) is 6.00. The molecule has 0 aliphatic heterocycles. The van der Waals surface area contributed by atoms with Crippen molar-refractivity contribution >= 4 is 0 Å². The largest absolute Gasteiger partial charge is 0.870 e. The van der Waals surface area contributed by atoms with Crippen LogP contribution in [-0.2, 0) is 0 Å². The van der Waals surface area contributed by atoms with E-state index in [1.165, 1.54) is 32.5 Å². The number of rotatable bonds is 8. The maximum Gasteiger partial charge on any atom is 0.0961 e. The van der Waals surface area contributed by atoms with Crippen LogP contribution in [0, 0.1) is 0 Å². The summed E-state index contributed by atoms with van der Waals surface area (Å²) in [5, 5.41) is 0. The van der Waals surface area contributed by atoms with Crippen LogP contribution in [0.15, 0.2) is 24.3 Å². The number of quaternary nitrogens is 1. The van der Waals surface area contributed by atoms with Gasteiger partial charge in [0.15, 0.2) is 0 Å². The Kier molecular flexibility index (Phi) is 15.0. The Morgan fingerprint density at radius 3 is 1.87 bits per heavy atom. The van der Waals surface area contributed by atoms with Crippen molar-refractivity contribution in [3.63, 3.8) is 0 Å². The summed E-state index contributed by atoms with van der Waals surface area (Å²) in [6.07, 6.45) is 12.5. The third-order valence-corrected chi connectivity index (χ3v) is 2.23. The molecule has 0 bridgehead atoms. The number of hydrogen-bond donors (Lipinski definition) is 1. The predicted molar refractivity (Wildman–Crippen MR) is 66.7 cm³/mol. The molecular formula is C13H27NO. The smallest absolute Gasteiger partial charge is 0.0961 e. The van der Waals surface area contributed by atoms with Gasteiger partial charge in [-0.3, -0.25) is 0 Å². The first-order chi connectivity index (χ1) is 6.85. The molecule has 0 amide bonds. The average molecular weight is 213 g/mol. The summed E-state index contributed by atoms with van der Waals surface area (Å²) in [7, 11) is 0. The van der Waals surface area contributed by atoms with Crippen LogP contribution in [-0.4, -0.2) is 25.1 Å². The van der Waals surface area contributed by atoms with E-state index >= 15 is 0 Å². The molecule has 0 saturated heterocycles. The Morgan fingerprint density at radius 2 is 1.40 bits per heavy atom. The zero-order valence-electron chi connectivity index (χ0n) is 10.5. The summed E-state index contributed by atoms with van der Waals surface area (Å²) in [6, 6.07) is 0. The van der Waals surface area contributed by atoms with Crippen LogP contribution in [0.1, 0.15) is 40.0 Å². The third kappa shape index (κ3) is 11.3. The van der Waals surface area contributed by atoms with Gasteiger partial charge in [-0.15, -0.1) is 0 Å². The van der Waals surface area contributed by atoms with Gasteiger partial charge in [0.2, 0.25) is 0 Å². The van der Waals surface area contributed by atoms with E-state index in [1.807, 2.05) is 0 Å². The van der Waals surface area contributed by atoms with Gasteiger partial charge in [-0.25, -0.2) is 0 Å². The van der Waals surface area contributed by atoms with Crippen molar-refractivity contribution in [1.82, 2.24) is 0 Å². The lowest BCUT2D eigenvalue weighted by Crippen LogP contribution is -3.11. The van der Waals surface area contributed by atoms with Crippen molar-refractivity contribution in [1.29, 1.82) is 0 Å². The molecule has 0 atom stereocenters. The van der Waals surface area contributed by atoms with E-state index in [-0.39, 0.29) is 5.48 Å². The first kappa shape index (κ1) is 16.8. The Bertz CT molecular complexity index is 158. The molecule has 0 spiro atoms. The lowest BCUT2D eigenvalue weighted by molar-refractivity contribution is -0.894. The number of allylic oxidation sites excluding steroid dienone is 3. The minimum Gasteiger partial charge on any atom is -0.870 e. The molecule has 0 rings (SSSR count). The van der Waals surface area contributed by atoms with E-state index in [2.05, 4.69) is 45.1 Å². The highest BCUT2D eigenvalue weighted by Crippen LogP contribution is 1.80. The summed E-state index contributed by atoms with van der Waals surface area (Å²) < 4.78 is 0. The highest BCUT2D eigenvalue weighted by molar-refractivity contribution is 5.01. The van der Waals surface area contributed by atoms with Gasteiger partial charge in [-0.1, -0.05) is 39.0 Å².